The van der Waals surface area contributed by atoms with Crippen molar-refractivity contribution in [2.75, 3.05) is 0 Å². The molecule has 0 bridgehead atoms. The Morgan fingerprint density at radius 2 is 1.31 bits per heavy atom. The van der Waals surface area contributed by atoms with Gasteiger partial charge in [-0.2, -0.15) is 0 Å². The molecule has 0 saturated carbocycles. The lowest BCUT2D eigenvalue weighted by Crippen LogP contribution is -2.11. The number of carbonyl (C=O) groups is 1. The van der Waals surface area contributed by atoms with Gasteiger partial charge in [0.25, 0.3) is 0 Å². The predicted octanol–water partition coefficient (Wildman–Crippen LogP) is 7.18. The summed E-state index contributed by atoms with van der Waals surface area (Å²) in [6, 6.07) is 12.3. The van der Waals surface area contributed by atoms with Crippen LogP contribution in [0.4, 0.5) is 0 Å². The summed E-state index contributed by atoms with van der Waals surface area (Å²) >= 11 is 0. The van der Waals surface area contributed by atoms with Crippen molar-refractivity contribution in [3.63, 3.8) is 0 Å². The number of aromatic hydroxyl groups is 2. The van der Waals surface area contributed by atoms with Gasteiger partial charge in [-0.1, -0.05) is 88.1 Å². The Labute approximate surface area is 206 Å². The Kier molecular flexibility index (Phi) is 10.2. The van der Waals surface area contributed by atoms with Crippen molar-refractivity contribution >= 4 is 16.9 Å². The van der Waals surface area contributed by atoms with E-state index in [4.69, 9.17) is 9.52 Å². The first-order valence-electron chi connectivity index (χ1n) is 12.8. The van der Waals surface area contributed by atoms with Crippen LogP contribution < -0.4 is 5.43 Å². The summed E-state index contributed by atoms with van der Waals surface area (Å²) < 4.78 is 6.06. The number of benzene rings is 2. The Bertz CT molecular complexity index is 1150. The summed E-state index contributed by atoms with van der Waals surface area (Å²) in [5.74, 6) is -0.945. The molecule has 188 valence electrons. The molecular formula is C29H36O6. The van der Waals surface area contributed by atoms with Crippen LogP contribution in [0, 0.1) is 0 Å². The lowest BCUT2D eigenvalue weighted by Gasteiger charge is -2.11. The molecule has 0 saturated heterocycles. The van der Waals surface area contributed by atoms with E-state index in [1.807, 2.05) is 30.3 Å². The standard InChI is InChI=1S/C29H36O6/c30-23-19-20-24-26(28(23)34)27(33)22(29(35-24)21-15-11-10-12-16-21)17-13-8-6-4-2-1-3-5-7-9-14-18-25(31)32/h10-12,15-16,19-20,30,34H,1-9,13-14,17-18H2,(H,31,32). The van der Waals surface area contributed by atoms with E-state index in [9.17, 15) is 19.8 Å². The summed E-state index contributed by atoms with van der Waals surface area (Å²) in [5, 5.41) is 28.8. The maximum atomic E-state index is 13.3. The van der Waals surface area contributed by atoms with Crippen LogP contribution in [-0.2, 0) is 11.2 Å². The highest BCUT2D eigenvalue weighted by Crippen LogP contribution is 2.35. The van der Waals surface area contributed by atoms with Crippen molar-refractivity contribution in [3.8, 4) is 22.8 Å². The van der Waals surface area contributed by atoms with E-state index in [0.29, 0.717) is 17.7 Å². The first-order chi connectivity index (χ1) is 17.0. The minimum atomic E-state index is -0.708. The second kappa shape index (κ2) is 13.6. The number of hydrogen-bond acceptors (Lipinski definition) is 5. The van der Waals surface area contributed by atoms with Gasteiger partial charge in [0.1, 0.15) is 16.7 Å². The molecule has 1 aromatic heterocycles. The molecule has 0 radical (unpaired) electrons. The third-order valence-electron chi connectivity index (χ3n) is 6.46. The van der Waals surface area contributed by atoms with Gasteiger partial charge in [-0.3, -0.25) is 9.59 Å². The number of unbranched alkanes of at least 4 members (excludes halogenated alkanes) is 10. The minimum absolute atomic E-state index is 0.0302. The second-order valence-electron chi connectivity index (χ2n) is 9.19. The molecule has 0 aliphatic heterocycles. The molecule has 2 aromatic carbocycles. The molecule has 3 N–H and O–H groups in total. The smallest absolute Gasteiger partial charge is 0.303 e. The zero-order valence-corrected chi connectivity index (χ0v) is 20.3. The van der Waals surface area contributed by atoms with Crippen LogP contribution >= 0.6 is 0 Å². The topological polar surface area (TPSA) is 108 Å². The van der Waals surface area contributed by atoms with Gasteiger partial charge in [-0.15, -0.1) is 0 Å². The number of aliphatic carboxylic acids is 1. The van der Waals surface area contributed by atoms with Crippen LogP contribution in [0.15, 0.2) is 51.7 Å². The van der Waals surface area contributed by atoms with Gasteiger partial charge in [0.2, 0.25) is 0 Å². The van der Waals surface area contributed by atoms with Crippen molar-refractivity contribution in [2.45, 2.75) is 83.5 Å². The Balaban J connectivity index is 1.50. The number of carboxylic acids is 1. The van der Waals surface area contributed by atoms with Crippen LogP contribution in [0.1, 0.15) is 82.6 Å². The molecule has 0 amide bonds. The van der Waals surface area contributed by atoms with Crippen LogP contribution in [0.2, 0.25) is 0 Å². The molecule has 0 unspecified atom stereocenters. The second-order valence-corrected chi connectivity index (χ2v) is 9.19. The predicted molar refractivity (Wildman–Crippen MR) is 138 cm³/mol. The van der Waals surface area contributed by atoms with E-state index in [1.54, 1.807) is 0 Å². The van der Waals surface area contributed by atoms with E-state index in [-0.39, 0.29) is 28.6 Å². The molecule has 1 heterocycles. The maximum Gasteiger partial charge on any atom is 0.303 e. The molecule has 0 aliphatic carbocycles. The summed E-state index contributed by atoms with van der Waals surface area (Å²) in [6.07, 6.45) is 12.6. The monoisotopic (exact) mass is 480 g/mol. The lowest BCUT2D eigenvalue weighted by molar-refractivity contribution is -0.137. The van der Waals surface area contributed by atoms with Crippen LogP contribution in [0.25, 0.3) is 22.3 Å². The molecule has 6 heteroatoms. The van der Waals surface area contributed by atoms with E-state index >= 15 is 0 Å². The Hall–Kier alpha value is -3.28. The van der Waals surface area contributed by atoms with E-state index in [0.717, 1.165) is 50.5 Å². The first-order valence-corrected chi connectivity index (χ1v) is 12.8. The highest BCUT2D eigenvalue weighted by molar-refractivity contribution is 5.88. The molecule has 0 fully saturated rings. The van der Waals surface area contributed by atoms with E-state index < -0.39 is 11.7 Å². The molecule has 3 rings (SSSR count). The van der Waals surface area contributed by atoms with E-state index in [1.165, 1.54) is 37.8 Å². The Morgan fingerprint density at radius 1 is 0.743 bits per heavy atom. The summed E-state index contributed by atoms with van der Waals surface area (Å²) in [4.78, 5) is 23.8. The third kappa shape index (κ3) is 7.61. The molecule has 0 aliphatic rings. The summed E-state index contributed by atoms with van der Waals surface area (Å²) in [5.41, 5.74) is 1.32. The van der Waals surface area contributed by atoms with Gasteiger partial charge in [0.05, 0.1) is 0 Å². The van der Waals surface area contributed by atoms with Crippen molar-refractivity contribution in [1.82, 2.24) is 0 Å². The third-order valence-corrected chi connectivity index (χ3v) is 6.46. The van der Waals surface area contributed by atoms with Crippen molar-refractivity contribution in [3.05, 3.63) is 58.3 Å². The van der Waals surface area contributed by atoms with Gasteiger partial charge in [0.15, 0.2) is 16.9 Å². The van der Waals surface area contributed by atoms with E-state index in [2.05, 4.69) is 0 Å². The van der Waals surface area contributed by atoms with Crippen molar-refractivity contribution in [1.29, 1.82) is 0 Å². The SMILES string of the molecule is O=C(O)CCCCCCCCCCCCCc1c(-c2ccccc2)oc2ccc(O)c(O)c2c1=O. The molecular weight excluding hydrogens is 444 g/mol. The Morgan fingerprint density at radius 3 is 1.91 bits per heavy atom. The van der Waals surface area contributed by atoms with Gasteiger partial charge in [-0.05, 0) is 31.4 Å². The fraction of sp³-hybridized carbons (Fsp3) is 0.448. The van der Waals surface area contributed by atoms with Crippen LogP contribution in [0.3, 0.4) is 0 Å². The maximum absolute atomic E-state index is 13.3. The van der Waals surface area contributed by atoms with Gasteiger partial charge in [0, 0.05) is 17.5 Å². The summed E-state index contributed by atoms with van der Waals surface area (Å²) in [7, 11) is 0. The summed E-state index contributed by atoms with van der Waals surface area (Å²) in [6.45, 7) is 0. The van der Waals surface area contributed by atoms with Crippen molar-refractivity contribution in [2.24, 2.45) is 0 Å². The zero-order chi connectivity index (χ0) is 25.0. The highest BCUT2D eigenvalue weighted by Gasteiger charge is 2.19. The van der Waals surface area contributed by atoms with Gasteiger partial charge in [-0.25, -0.2) is 0 Å². The highest BCUT2D eigenvalue weighted by atomic mass is 16.4. The number of hydrogen-bond donors (Lipinski definition) is 3. The number of phenols is 2. The number of carboxylic acid groups (broad SMARTS) is 1. The number of rotatable bonds is 15. The lowest BCUT2D eigenvalue weighted by atomic mass is 9.98. The minimum Gasteiger partial charge on any atom is -0.504 e. The van der Waals surface area contributed by atoms with Crippen LogP contribution in [-0.4, -0.2) is 21.3 Å². The fourth-order valence-electron chi connectivity index (χ4n) is 4.51. The van der Waals surface area contributed by atoms with Crippen molar-refractivity contribution < 1.29 is 24.5 Å². The fourth-order valence-corrected chi connectivity index (χ4v) is 4.51. The van der Waals surface area contributed by atoms with Gasteiger partial charge >= 0.3 is 5.97 Å². The van der Waals surface area contributed by atoms with Crippen LogP contribution in [0.5, 0.6) is 11.5 Å². The zero-order valence-electron chi connectivity index (χ0n) is 20.3. The van der Waals surface area contributed by atoms with Gasteiger partial charge < -0.3 is 19.7 Å². The molecule has 3 aromatic rings. The average molecular weight is 481 g/mol. The molecule has 6 nitrogen and oxygen atoms in total. The number of phenolic OH excluding ortho intramolecular Hbond substituents is 2. The average Bonchev–Trinajstić information content (AvgIpc) is 2.85. The first kappa shape index (κ1) is 26.3. The largest absolute Gasteiger partial charge is 0.504 e. The number of fused-ring (bicyclic) bond motifs is 1. The quantitative estimate of drug-likeness (QED) is 0.157. The normalized spacial score (nSPS) is 11.2. The molecule has 35 heavy (non-hydrogen) atoms. The molecule has 0 spiro atoms. The molecule has 0 atom stereocenters.